The second-order valence-corrected chi connectivity index (χ2v) is 3.23. The molecule has 1 aromatic carbocycles. The maximum Gasteiger partial charge on any atom is 0.251 e. The summed E-state index contributed by atoms with van der Waals surface area (Å²) < 4.78 is 0. The Morgan fingerprint density at radius 2 is 1.75 bits per heavy atom. The van der Waals surface area contributed by atoms with Gasteiger partial charge in [0.2, 0.25) is 0 Å². The standard InChI is InChI=1S/C12H11N3O/c1-13-12(16)10-5-3-9(4-6-10)11-14-7-2-8-15-11/h2-8H,1H3,(H,13,16). The van der Waals surface area contributed by atoms with Crippen molar-refractivity contribution in [3.05, 3.63) is 48.3 Å². The van der Waals surface area contributed by atoms with E-state index in [2.05, 4.69) is 15.3 Å². The van der Waals surface area contributed by atoms with Gasteiger partial charge in [0, 0.05) is 30.6 Å². The molecule has 0 radical (unpaired) electrons. The lowest BCUT2D eigenvalue weighted by molar-refractivity contribution is 0.0963. The monoisotopic (exact) mass is 213 g/mol. The third kappa shape index (κ3) is 2.06. The first-order valence-corrected chi connectivity index (χ1v) is 4.91. The van der Waals surface area contributed by atoms with Crippen molar-refractivity contribution in [1.29, 1.82) is 0 Å². The molecule has 0 saturated heterocycles. The fourth-order valence-electron chi connectivity index (χ4n) is 1.36. The maximum atomic E-state index is 11.3. The molecule has 1 aromatic heterocycles. The van der Waals surface area contributed by atoms with E-state index >= 15 is 0 Å². The maximum absolute atomic E-state index is 11.3. The summed E-state index contributed by atoms with van der Waals surface area (Å²) in [7, 11) is 1.61. The minimum absolute atomic E-state index is 0.0967. The van der Waals surface area contributed by atoms with Gasteiger partial charge in [-0.05, 0) is 18.2 Å². The molecular weight excluding hydrogens is 202 g/mol. The summed E-state index contributed by atoms with van der Waals surface area (Å²) in [6, 6.07) is 8.94. The van der Waals surface area contributed by atoms with Crippen LogP contribution in [0, 0.1) is 0 Å². The van der Waals surface area contributed by atoms with Crippen LogP contribution in [0.5, 0.6) is 0 Å². The lowest BCUT2D eigenvalue weighted by atomic mass is 10.1. The quantitative estimate of drug-likeness (QED) is 0.822. The minimum atomic E-state index is -0.0967. The van der Waals surface area contributed by atoms with Crippen molar-refractivity contribution in [2.24, 2.45) is 0 Å². The molecule has 2 rings (SSSR count). The number of benzene rings is 1. The molecule has 0 fully saturated rings. The number of nitrogens with zero attached hydrogens (tertiary/aromatic N) is 2. The highest BCUT2D eigenvalue weighted by molar-refractivity contribution is 5.94. The molecular formula is C12H11N3O. The molecule has 1 amide bonds. The first-order valence-electron chi connectivity index (χ1n) is 4.91. The van der Waals surface area contributed by atoms with Gasteiger partial charge in [0.05, 0.1) is 0 Å². The Morgan fingerprint density at radius 1 is 1.12 bits per heavy atom. The zero-order valence-electron chi connectivity index (χ0n) is 8.84. The normalized spacial score (nSPS) is 9.81. The van der Waals surface area contributed by atoms with Crippen molar-refractivity contribution in [1.82, 2.24) is 15.3 Å². The molecule has 0 atom stereocenters. The zero-order valence-corrected chi connectivity index (χ0v) is 8.84. The second-order valence-electron chi connectivity index (χ2n) is 3.23. The van der Waals surface area contributed by atoms with E-state index in [0.29, 0.717) is 11.4 Å². The van der Waals surface area contributed by atoms with Gasteiger partial charge in [0.15, 0.2) is 5.82 Å². The molecule has 0 spiro atoms. The number of hydrogen-bond acceptors (Lipinski definition) is 3. The van der Waals surface area contributed by atoms with Gasteiger partial charge >= 0.3 is 0 Å². The van der Waals surface area contributed by atoms with E-state index in [1.165, 1.54) is 0 Å². The smallest absolute Gasteiger partial charge is 0.251 e. The average Bonchev–Trinajstić information content (AvgIpc) is 2.39. The van der Waals surface area contributed by atoms with Crippen molar-refractivity contribution in [3.8, 4) is 11.4 Å². The van der Waals surface area contributed by atoms with E-state index in [0.717, 1.165) is 5.56 Å². The van der Waals surface area contributed by atoms with Gasteiger partial charge in [-0.2, -0.15) is 0 Å². The molecule has 0 saturated carbocycles. The van der Waals surface area contributed by atoms with Gasteiger partial charge in [0.25, 0.3) is 5.91 Å². The highest BCUT2D eigenvalue weighted by Crippen LogP contribution is 2.14. The van der Waals surface area contributed by atoms with E-state index in [1.807, 2.05) is 12.1 Å². The second kappa shape index (κ2) is 4.53. The van der Waals surface area contributed by atoms with Crippen LogP contribution in [-0.4, -0.2) is 22.9 Å². The third-order valence-corrected chi connectivity index (χ3v) is 2.20. The van der Waals surface area contributed by atoms with Gasteiger partial charge in [0.1, 0.15) is 0 Å². The Bertz CT molecular complexity index is 479. The SMILES string of the molecule is CNC(=O)c1ccc(-c2ncccn2)cc1. The van der Waals surface area contributed by atoms with Crippen LogP contribution in [-0.2, 0) is 0 Å². The summed E-state index contributed by atoms with van der Waals surface area (Å²) in [5, 5.41) is 2.57. The molecule has 1 heterocycles. The Balaban J connectivity index is 2.30. The van der Waals surface area contributed by atoms with Crippen LogP contribution in [0.15, 0.2) is 42.7 Å². The van der Waals surface area contributed by atoms with E-state index in [1.54, 1.807) is 37.6 Å². The number of hydrogen-bond donors (Lipinski definition) is 1. The number of carbonyl (C=O) groups excluding carboxylic acids is 1. The van der Waals surface area contributed by atoms with Crippen molar-refractivity contribution >= 4 is 5.91 Å². The number of amides is 1. The van der Waals surface area contributed by atoms with Gasteiger partial charge in [-0.1, -0.05) is 12.1 Å². The molecule has 0 unspecified atom stereocenters. The van der Waals surface area contributed by atoms with Crippen LogP contribution in [0.1, 0.15) is 10.4 Å². The van der Waals surface area contributed by atoms with Crippen LogP contribution in [0.2, 0.25) is 0 Å². The molecule has 2 aromatic rings. The molecule has 0 aliphatic rings. The predicted molar refractivity (Wildman–Crippen MR) is 60.9 cm³/mol. The summed E-state index contributed by atoms with van der Waals surface area (Å²) in [5.41, 5.74) is 1.52. The van der Waals surface area contributed by atoms with Gasteiger partial charge in [-0.15, -0.1) is 0 Å². The number of nitrogens with one attached hydrogen (secondary N) is 1. The topological polar surface area (TPSA) is 54.9 Å². The van der Waals surface area contributed by atoms with Gasteiger partial charge in [-0.3, -0.25) is 4.79 Å². The molecule has 0 aliphatic heterocycles. The lowest BCUT2D eigenvalue weighted by Gasteiger charge is -2.01. The van der Waals surface area contributed by atoms with E-state index < -0.39 is 0 Å². The average molecular weight is 213 g/mol. The van der Waals surface area contributed by atoms with Crippen molar-refractivity contribution < 1.29 is 4.79 Å². The lowest BCUT2D eigenvalue weighted by Crippen LogP contribution is -2.17. The van der Waals surface area contributed by atoms with Crippen molar-refractivity contribution in [2.75, 3.05) is 7.05 Å². The minimum Gasteiger partial charge on any atom is -0.355 e. The first-order chi connectivity index (χ1) is 7.81. The van der Waals surface area contributed by atoms with Crippen molar-refractivity contribution in [2.45, 2.75) is 0 Å². The van der Waals surface area contributed by atoms with Crippen LogP contribution in [0.3, 0.4) is 0 Å². The predicted octanol–water partition coefficient (Wildman–Crippen LogP) is 1.50. The van der Waals surface area contributed by atoms with Crippen LogP contribution >= 0.6 is 0 Å². The molecule has 0 aliphatic carbocycles. The number of carbonyl (C=O) groups is 1. The Hall–Kier alpha value is -2.23. The van der Waals surface area contributed by atoms with E-state index in [4.69, 9.17) is 0 Å². The summed E-state index contributed by atoms with van der Waals surface area (Å²) in [4.78, 5) is 19.6. The van der Waals surface area contributed by atoms with Gasteiger partial charge < -0.3 is 5.32 Å². The molecule has 0 bridgehead atoms. The largest absolute Gasteiger partial charge is 0.355 e. The van der Waals surface area contributed by atoms with Gasteiger partial charge in [-0.25, -0.2) is 9.97 Å². The molecule has 4 nitrogen and oxygen atoms in total. The highest BCUT2D eigenvalue weighted by Gasteiger charge is 2.04. The van der Waals surface area contributed by atoms with E-state index in [9.17, 15) is 4.79 Å². The highest BCUT2D eigenvalue weighted by atomic mass is 16.1. The summed E-state index contributed by atoms with van der Waals surface area (Å²) >= 11 is 0. The summed E-state index contributed by atoms with van der Waals surface area (Å²) in [6.07, 6.45) is 3.38. The summed E-state index contributed by atoms with van der Waals surface area (Å²) in [5.74, 6) is 0.562. The Morgan fingerprint density at radius 3 is 2.31 bits per heavy atom. The van der Waals surface area contributed by atoms with Crippen molar-refractivity contribution in [3.63, 3.8) is 0 Å². The fraction of sp³-hybridized carbons (Fsp3) is 0.0833. The summed E-state index contributed by atoms with van der Waals surface area (Å²) in [6.45, 7) is 0. The molecule has 16 heavy (non-hydrogen) atoms. The third-order valence-electron chi connectivity index (χ3n) is 2.20. The Kier molecular flexibility index (Phi) is 2.91. The molecule has 4 heteroatoms. The molecule has 80 valence electrons. The first kappa shape index (κ1) is 10.3. The number of rotatable bonds is 2. The zero-order chi connectivity index (χ0) is 11.4. The van der Waals surface area contributed by atoms with Crippen LogP contribution < -0.4 is 5.32 Å². The van der Waals surface area contributed by atoms with E-state index in [-0.39, 0.29) is 5.91 Å². The fourth-order valence-corrected chi connectivity index (χ4v) is 1.36. The molecule has 1 N–H and O–H groups in total. The Labute approximate surface area is 93.4 Å². The van der Waals surface area contributed by atoms with Crippen LogP contribution in [0.4, 0.5) is 0 Å². The number of aromatic nitrogens is 2. The van der Waals surface area contributed by atoms with Crippen LogP contribution in [0.25, 0.3) is 11.4 Å².